The molecule has 4 rings (SSSR count). The van der Waals surface area contributed by atoms with Gasteiger partial charge in [0.1, 0.15) is 23.2 Å². The quantitative estimate of drug-likeness (QED) is 0.790. The SMILES string of the molecule is CC1c2cc(F)cc(F)c2CCN1C(=O)C1Cc2cc(F)ccc2O1. The first-order chi connectivity index (χ1) is 11.9. The van der Waals surface area contributed by atoms with E-state index in [1.807, 2.05) is 0 Å². The molecule has 0 saturated heterocycles. The first kappa shape index (κ1) is 16.0. The van der Waals surface area contributed by atoms with Crippen LogP contribution in [0, 0.1) is 17.5 Å². The van der Waals surface area contributed by atoms with Crippen LogP contribution >= 0.6 is 0 Å². The smallest absolute Gasteiger partial charge is 0.264 e. The highest BCUT2D eigenvalue weighted by Crippen LogP contribution is 2.35. The molecule has 25 heavy (non-hydrogen) atoms. The number of hydrogen-bond donors (Lipinski definition) is 0. The van der Waals surface area contributed by atoms with Gasteiger partial charge in [0, 0.05) is 24.6 Å². The van der Waals surface area contributed by atoms with Gasteiger partial charge < -0.3 is 9.64 Å². The van der Waals surface area contributed by atoms with Crippen LogP contribution in [0.1, 0.15) is 29.7 Å². The molecule has 0 fully saturated rings. The van der Waals surface area contributed by atoms with Crippen LogP contribution in [0.25, 0.3) is 0 Å². The van der Waals surface area contributed by atoms with Gasteiger partial charge in [-0.2, -0.15) is 0 Å². The fraction of sp³-hybridized carbons (Fsp3) is 0.316. The van der Waals surface area contributed by atoms with Gasteiger partial charge in [0.05, 0.1) is 6.04 Å². The second-order valence-corrected chi connectivity index (χ2v) is 6.48. The lowest BCUT2D eigenvalue weighted by molar-refractivity contribution is -0.140. The molecule has 3 nitrogen and oxygen atoms in total. The third-order valence-electron chi connectivity index (χ3n) is 4.97. The molecule has 2 aromatic carbocycles. The number of halogens is 3. The predicted molar refractivity (Wildman–Crippen MR) is 84.7 cm³/mol. The van der Waals surface area contributed by atoms with Gasteiger partial charge >= 0.3 is 0 Å². The van der Waals surface area contributed by atoms with E-state index in [0.717, 1.165) is 6.07 Å². The van der Waals surface area contributed by atoms with E-state index >= 15 is 0 Å². The molecule has 0 spiro atoms. The first-order valence-corrected chi connectivity index (χ1v) is 8.17. The number of rotatable bonds is 1. The van der Waals surface area contributed by atoms with Gasteiger partial charge in [0.15, 0.2) is 6.10 Å². The Morgan fingerprint density at radius 3 is 2.76 bits per heavy atom. The number of benzene rings is 2. The van der Waals surface area contributed by atoms with Gasteiger partial charge in [-0.3, -0.25) is 4.79 Å². The van der Waals surface area contributed by atoms with Crippen LogP contribution in [0.3, 0.4) is 0 Å². The topological polar surface area (TPSA) is 29.5 Å². The van der Waals surface area contributed by atoms with Gasteiger partial charge in [-0.1, -0.05) is 0 Å². The summed E-state index contributed by atoms with van der Waals surface area (Å²) in [4.78, 5) is 14.4. The number of amides is 1. The average molecular weight is 347 g/mol. The Balaban J connectivity index is 1.58. The van der Waals surface area contributed by atoms with Crippen molar-refractivity contribution < 1.29 is 22.7 Å². The molecule has 130 valence electrons. The van der Waals surface area contributed by atoms with E-state index in [0.29, 0.717) is 41.8 Å². The maximum absolute atomic E-state index is 13.9. The van der Waals surface area contributed by atoms with Crippen LogP contribution in [0.5, 0.6) is 5.75 Å². The summed E-state index contributed by atoms with van der Waals surface area (Å²) in [5.74, 6) is -1.35. The second-order valence-electron chi connectivity index (χ2n) is 6.48. The molecule has 2 atom stereocenters. The highest BCUT2D eigenvalue weighted by atomic mass is 19.1. The van der Waals surface area contributed by atoms with Gasteiger partial charge in [-0.25, -0.2) is 13.2 Å². The Hall–Kier alpha value is -2.50. The molecule has 2 aliphatic heterocycles. The van der Waals surface area contributed by atoms with Crippen LogP contribution in [-0.2, 0) is 17.6 Å². The molecule has 0 bridgehead atoms. The van der Waals surface area contributed by atoms with E-state index in [2.05, 4.69) is 0 Å². The summed E-state index contributed by atoms with van der Waals surface area (Å²) in [6.45, 7) is 2.08. The number of ether oxygens (including phenoxy) is 1. The largest absolute Gasteiger partial charge is 0.480 e. The molecule has 0 aromatic heterocycles. The molecule has 6 heteroatoms. The number of carbonyl (C=O) groups is 1. The van der Waals surface area contributed by atoms with Crippen molar-refractivity contribution >= 4 is 5.91 Å². The number of nitrogens with zero attached hydrogens (tertiary/aromatic N) is 1. The Bertz CT molecular complexity index is 868. The van der Waals surface area contributed by atoms with E-state index in [9.17, 15) is 18.0 Å². The van der Waals surface area contributed by atoms with Crippen molar-refractivity contribution in [2.75, 3.05) is 6.54 Å². The van der Waals surface area contributed by atoms with Crippen molar-refractivity contribution in [3.8, 4) is 5.75 Å². The highest BCUT2D eigenvalue weighted by molar-refractivity contribution is 5.83. The Kier molecular flexibility index (Phi) is 3.71. The Morgan fingerprint density at radius 2 is 1.96 bits per heavy atom. The van der Waals surface area contributed by atoms with E-state index < -0.39 is 23.8 Å². The minimum atomic E-state index is -0.737. The number of hydrogen-bond acceptors (Lipinski definition) is 2. The average Bonchev–Trinajstić information content (AvgIpc) is 2.98. The zero-order valence-electron chi connectivity index (χ0n) is 13.6. The van der Waals surface area contributed by atoms with Crippen molar-refractivity contribution in [1.29, 1.82) is 0 Å². The van der Waals surface area contributed by atoms with E-state index in [4.69, 9.17) is 4.74 Å². The lowest BCUT2D eigenvalue weighted by Crippen LogP contribution is -2.46. The normalized spacial score (nSPS) is 21.5. The number of fused-ring (bicyclic) bond motifs is 2. The Labute approximate surface area is 143 Å². The fourth-order valence-corrected chi connectivity index (χ4v) is 3.69. The van der Waals surface area contributed by atoms with Crippen LogP contribution in [0.2, 0.25) is 0 Å². The predicted octanol–water partition coefficient (Wildman–Crippen LogP) is 3.55. The summed E-state index contributed by atoms with van der Waals surface area (Å²) in [7, 11) is 0. The van der Waals surface area contributed by atoms with E-state index in [1.54, 1.807) is 11.8 Å². The number of carbonyl (C=O) groups excluding carboxylic acids is 1. The third kappa shape index (κ3) is 2.65. The zero-order valence-corrected chi connectivity index (χ0v) is 13.6. The molecule has 0 saturated carbocycles. The van der Waals surface area contributed by atoms with Gasteiger partial charge in [0.2, 0.25) is 0 Å². The second kappa shape index (κ2) is 5.79. The zero-order chi connectivity index (χ0) is 17.7. The molecule has 2 heterocycles. The van der Waals surface area contributed by atoms with Crippen molar-refractivity contribution in [2.24, 2.45) is 0 Å². The van der Waals surface area contributed by atoms with E-state index in [-0.39, 0.29) is 11.7 Å². The van der Waals surface area contributed by atoms with Crippen molar-refractivity contribution in [1.82, 2.24) is 4.90 Å². The Morgan fingerprint density at radius 1 is 1.16 bits per heavy atom. The summed E-state index contributed by atoms with van der Waals surface area (Å²) in [5.41, 5.74) is 1.59. The summed E-state index contributed by atoms with van der Waals surface area (Å²) in [6, 6.07) is 5.86. The highest BCUT2D eigenvalue weighted by Gasteiger charge is 2.37. The summed E-state index contributed by atoms with van der Waals surface area (Å²) >= 11 is 0. The molecular weight excluding hydrogens is 331 g/mol. The maximum Gasteiger partial charge on any atom is 0.264 e. The first-order valence-electron chi connectivity index (χ1n) is 8.17. The van der Waals surface area contributed by atoms with Crippen LogP contribution in [0.15, 0.2) is 30.3 Å². The molecule has 0 radical (unpaired) electrons. The minimum absolute atomic E-state index is 0.251. The maximum atomic E-state index is 13.9. The summed E-state index contributed by atoms with van der Waals surface area (Å²) in [6.07, 6.45) is -0.120. The molecular formula is C19H16F3NO2. The molecule has 2 unspecified atom stereocenters. The van der Waals surface area contributed by atoms with Crippen molar-refractivity contribution in [3.05, 3.63) is 64.5 Å². The summed E-state index contributed by atoms with van der Waals surface area (Å²) in [5, 5.41) is 0. The fourth-order valence-electron chi connectivity index (χ4n) is 3.69. The van der Waals surface area contributed by atoms with Crippen LogP contribution in [0.4, 0.5) is 13.2 Å². The van der Waals surface area contributed by atoms with Gasteiger partial charge in [-0.05, 0) is 48.7 Å². The van der Waals surface area contributed by atoms with Crippen molar-refractivity contribution in [3.63, 3.8) is 0 Å². The van der Waals surface area contributed by atoms with Crippen LogP contribution in [-0.4, -0.2) is 23.5 Å². The molecule has 1 amide bonds. The molecule has 0 N–H and O–H groups in total. The van der Waals surface area contributed by atoms with Crippen LogP contribution < -0.4 is 4.74 Å². The lowest BCUT2D eigenvalue weighted by Gasteiger charge is -2.36. The standard InChI is InChI=1S/C19H16F3NO2/c1-10-15-8-13(21)9-16(22)14(15)4-5-23(10)19(24)18-7-11-6-12(20)2-3-17(11)25-18/h2-3,6,8-10,18H,4-5,7H2,1H3. The minimum Gasteiger partial charge on any atom is -0.480 e. The molecule has 2 aliphatic rings. The lowest BCUT2D eigenvalue weighted by atomic mass is 9.92. The van der Waals surface area contributed by atoms with Gasteiger partial charge in [-0.15, -0.1) is 0 Å². The molecule has 0 aliphatic carbocycles. The third-order valence-corrected chi connectivity index (χ3v) is 4.97. The monoisotopic (exact) mass is 347 g/mol. The van der Waals surface area contributed by atoms with E-state index in [1.165, 1.54) is 24.3 Å². The van der Waals surface area contributed by atoms with Gasteiger partial charge in [0.25, 0.3) is 5.91 Å². The summed E-state index contributed by atoms with van der Waals surface area (Å²) < 4.78 is 46.5. The van der Waals surface area contributed by atoms with Crippen molar-refractivity contribution in [2.45, 2.75) is 31.9 Å². The molecule has 2 aromatic rings.